The minimum Gasteiger partial charge on any atom is -0.379 e. The van der Waals surface area contributed by atoms with Gasteiger partial charge in [-0.05, 0) is 44.6 Å². The highest BCUT2D eigenvalue weighted by atomic mass is 19.1. The SMILES string of the molecule is NCC(=O)NC1CCC(Nc2cc(NC3CC3)c3ncc(C(=O)Nc4ccnc(F)c4)n3n2)CC1. The minimum atomic E-state index is -0.682. The lowest BCUT2D eigenvalue weighted by Gasteiger charge is -2.30. The van der Waals surface area contributed by atoms with Gasteiger partial charge in [0, 0.05) is 42.1 Å². The highest BCUT2D eigenvalue weighted by molar-refractivity contribution is 6.03. The van der Waals surface area contributed by atoms with Crippen LogP contribution in [0.5, 0.6) is 0 Å². The standard InChI is InChI=1S/C23H28FN9O2/c24-19-9-16(7-8-26-19)31-23(35)18-12-27-22-17(28-13-1-2-13)10-20(32-33(18)22)29-14-3-5-15(6-4-14)30-21(34)11-25/h7-10,12-15,28H,1-6,11,25H2,(H,29,32)(H,30,34)(H,26,31,35). The number of halogens is 1. The first-order valence-corrected chi connectivity index (χ1v) is 11.8. The van der Waals surface area contributed by atoms with Gasteiger partial charge in [-0.1, -0.05) is 0 Å². The third-order valence-corrected chi connectivity index (χ3v) is 6.25. The Morgan fingerprint density at radius 1 is 1.03 bits per heavy atom. The Morgan fingerprint density at radius 3 is 2.46 bits per heavy atom. The molecule has 0 unspecified atom stereocenters. The van der Waals surface area contributed by atoms with Crippen LogP contribution in [0.25, 0.3) is 5.65 Å². The van der Waals surface area contributed by atoms with Crippen molar-refractivity contribution in [3.05, 3.63) is 42.2 Å². The largest absolute Gasteiger partial charge is 0.379 e. The molecule has 2 aliphatic rings. The number of aromatic nitrogens is 4. The number of fused-ring (bicyclic) bond motifs is 1. The number of nitrogens with one attached hydrogen (secondary N) is 4. The summed E-state index contributed by atoms with van der Waals surface area (Å²) in [7, 11) is 0. The van der Waals surface area contributed by atoms with E-state index in [1.54, 1.807) is 0 Å². The second kappa shape index (κ2) is 9.82. The molecule has 0 aromatic carbocycles. The predicted molar refractivity (Wildman–Crippen MR) is 129 cm³/mol. The van der Waals surface area contributed by atoms with Crippen molar-refractivity contribution in [2.24, 2.45) is 5.73 Å². The van der Waals surface area contributed by atoms with Crippen LogP contribution < -0.4 is 27.0 Å². The number of anilines is 3. The van der Waals surface area contributed by atoms with E-state index in [2.05, 4.69) is 36.3 Å². The van der Waals surface area contributed by atoms with E-state index in [4.69, 9.17) is 5.73 Å². The van der Waals surface area contributed by atoms with Crippen LogP contribution in [-0.2, 0) is 4.79 Å². The molecule has 2 amide bonds. The Morgan fingerprint density at radius 2 is 1.74 bits per heavy atom. The summed E-state index contributed by atoms with van der Waals surface area (Å²) < 4.78 is 14.9. The highest BCUT2D eigenvalue weighted by Crippen LogP contribution is 2.30. The molecule has 12 heteroatoms. The third kappa shape index (κ3) is 5.48. The number of pyridine rings is 1. The number of hydrogen-bond donors (Lipinski definition) is 5. The van der Waals surface area contributed by atoms with E-state index in [-0.39, 0.29) is 30.2 Å². The molecule has 0 bridgehead atoms. The molecule has 0 atom stereocenters. The molecule has 35 heavy (non-hydrogen) atoms. The Balaban J connectivity index is 1.35. The Labute approximate surface area is 201 Å². The highest BCUT2D eigenvalue weighted by Gasteiger charge is 2.26. The van der Waals surface area contributed by atoms with Gasteiger partial charge in [-0.15, -0.1) is 5.10 Å². The molecule has 6 N–H and O–H groups in total. The number of carbonyl (C=O) groups excluding carboxylic acids is 2. The summed E-state index contributed by atoms with van der Waals surface area (Å²) in [6, 6.07) is 5.27. The normalized spacial score (nSPS) is 19.8. The number of nitrogens with two attached hydrogens (primary N) is 1. The van der Waals surface area contributed by atoms with E-state index in [9.17, 15) is 14.0 Å². The average molecular weight is 482 g/mol. The van der Waals surface area contributed by atoms with Crippen molar-refractivity contribution in [3.8, 4) is 0 Å². The summed E-state index contributed by atoms with van der Waals surface area (Å²) in [6.07, 6.45) is 8.34. The van der Waals surface area contributed by atoms with Crippen LogP contribution >= 0.6 is 0 Å². The number of carbonyl (C=O) groups is 2. The van der Waals surface area contributed by atoms with Gasteiger partial charge in [-0.25, -0.2) is 14.5 Å². The summed E-state index contributed by atoms with van der Waals surface area (Å²) >= 11 is 0. The molecule has 0 saturated heterocycles. The molecule has 2 saturated carbocycles. The molecule has 2 aliphatic carbocycles. The number of imidazole rings is 1. The third-order valence-electron chi connectivity index (χ3n) is 6.25. The summed E-state index contributed by atoms with van der Waals surface area (Å²) in [5.74, 6) is -0.651. The van der Waals surface area contributed by atoms with Crippen molar-refractivity contribution in [1.82, 2.24) is 24.9 Å². The molecule has 2 fully saturated rings. The lowest BCUT2D eigenvalue weighted by Crippen LogP contribution is -2.42. The van der Waals surface area contributed by atoms with E-state index in [1.807, 2.05) is 6.07 Å². The summed E-state index contributed by atoms with van der Waals surface area (Å²) in [4.78, 5) is 32.5. The lowest BCUT2D eigenvalue weighted by molar-refractivity contribution is -0.120. The summed E-state index contributed by atoms with van der Waals surface area (Å²) in [5.41, 5.74) is 7.26. The second-order valence-corrected chi connectivity index (χ2v) is 9.03. The van der Waals surface area contributed by atoms with Gasteiger partial charge >= 0.3 is 0 Å². The van der Waals surface area contributed by atoms with Crippen LogP contribution in [0.3, 0.4) is 0 Å². The lowest BCUT2D eigenvalue weighted by atomic mass is 9.91. The molecular weight excluding hydrogens is 453 g/mol. The van der Waals surface area contributed by atoms with Crippen LogP contribution in [0.15, 0.2) is 30.6 Å². The van der Waals surface area contributed by atoms with Gasteiger partial charge in [-0.3, -0.25) is 9.59 Å². The fourth-order valence-electron chi connectivity index (χ4n) is 4.30. The van der Waals surface area contributed by atoms with Crippen molar-refractivity contribution < 1.29 is 14.0 Å². The van der Waals surface area contributed by atoms with Crippen molar-refractivity contribution in [1.29, 1.82) is 0 Å². The molecular formula is C23H28FN9O2. The molecule has 0 spiro atoms. The van der Waals surface area contributed by atoms with Crippen molar-refractivity contribution in [2.75, 3.05) is 22.5 Å². The van der Waals surface area contributed by atoms with Gasteiger partial charge in [0.15, 0.2) is 11.3 Å². The Kier molecular flexibility index (Phi) is 6.45. The fraction of sp³-hybridized carbons (Fsp3) is 0.435. The van der Waals surface area contributed by atoms with Crippen molar-refractivity contribution in [3.63, 3.8) is 0 Å². The molecule has 0 radical (unpaired) electrons. The quantitative estimate of drug-likeness (QED) is 0.306. The monoisotopic (exact) mass is 481 g/mol. The van der Waals surface area contributed by atoms with Gasteiger partial charge in [0.25, 0.3) is 5.91 Å². The van der Waals surface area contributed by atoms with E-state index < -0.39 is 11.9 Å². The zero-order valence-electron chi connectivity index (χ0n) is 19.1. The van der Waals surface area contributed by atoms with Crippen LogP contribution in [0.2, 0.25) is 0 Å². The first-order valence-electron chi connectivity index (χ1n) is 11.8. The van der Waals surface area contributed by atoms with Crippen LogP contribution in [0.1, 0.15) is 49.0 Å². The number of hydrogen-bond acceptors (Lipinski definition) is 8. The van der Waals surface area contributed by atoms with E-state index in [0.29, 0.717) is 23.2 Å². The maximum Gasteiger partial charge on any atom is 0.276 e. The van der Waals surface area contributed by atoms with E-state index >= 15 is 0 Å². The van der Waals surface area contributed by atoms with Crippen LogP contribution in [0.4, 0.5) is 21.6 Å². The number of rotatable bonds is 8. The predicted octanol–water partition coefficient (Wildman–Crippen LogP) is 1.89. The average Bonchev–Trinajstić information content (AvgIpc) is 3.55. The molecule has 5 rings (SSSR count). The molecule has 3 aromatic rings. The van der Waals surface area contributed by atoms with Crippen LogP contribution in [0, 0.1) is 5.95 Å². The minimum absolute atomic E-state index is 0.00417. The van der Waals surface area contributed by atoms with Gasteiger partial charge in [-0.2, -0.15) is 4.39 Å². The van der Waals surface area contributed by atoms with Crippen molar-refractivity contribution in [2.45, 2.75) is 56.7 Å². The molecule has 3 heterocycles. The van der Waals surface area contributed by atoms with Gasteiger partial charge in [0.05, 0.1) is 18.4 Å². The molecule has 3 aromatic heterocycles. The van der Waals surface area contributed by atoms with Crippen LogP contribution in [-0.4, -0.2) is 56.1 Å². The summed E-state index contributed by atoms with van der Waals surface area (Å²) in [6.45, 7) is -0.00417. The first-order chi connectivity index (χ1) is 17.0. The molecule has 11 nitrogen and oxygen atoms in total. The van der Waals surface area contributed by atoms with Gasteiger partial charge < -0.3 is 27.0 Å². The maximum atomic E-state index is 13.4. The smallest absolute Gasteiger partial charge is 0.276 e. The molecule has 0 aliphatic heterocycles. The Bertz CT molecular complexity index is 1230. The van der Waals surface area contributed by atoms with E-state index in [1.165, 1.54) is 23.0 Å². The van der Waals surface area contributed by atoms with Gasteiger partial charge in [0.1, 0.15) is 5.82 Å². The molecule has 184 valence electrons. The number of nitrogens with zero attached hydrogens (tertiary/aromatic N) is 4. The topological polar surface area (TPSA) is 151 Å². The fourth-order valence-corrected chi connectivity index (χ4v) is 4.30. The van der Waals surface area contributed by atoms with Gasteiger partial charge in [0.2, 0.25) is 11.9 Å². The number of amides is 2. The zero-order valence-corrected chi connectivity index (χ0v) is 19.1. The first kappa shape index (κ1) is 23.0. The van der Waals surface area contributed by atoms with E-state index in [0.717, 1.165) is 50.3 Å². The Hall–Kier alpha value is -3.80. The van der Waals surface area contributed by atoms with Crippen molar-refractivity contribution >= 4 is 34.7 Å². The maximum absolute atomic E-state index is 13.4. The second-order valence-electron chi connectivity index (χ2n) is 9.03. The zero-order chi connectivity index (χ0) is 24.4. The summed E-state index contributed by atoms with van der Waals surface area (Å²) in [5, 5.41) is 17.2.